The van der Waals surface area contributed by atoms with E-state index >= 15 is 0 Å². The maximum atomic E-state index is 12.3. The van der Waals surface area contributed by atoms with Crippen molar-refractivity contribution in [1.82, 2.24) is 10.2 Å². The van der Waals surface area contributed by atoms with Crippen LogP contribution in [0.5, 0.6) is 0 Å². The molecule has 0 radical (unpaired) electrons. The standard InChI is InChI=1S/C16H18N2OS/c1-18(10-12-8-9-20-11-12)16(19)17-15-7-6-13-4-2-3-5-14(13)15/h2-5,8-9,11,15H,6-7,10H2,1H3,(H,17,19)/t15-/m0/s1. The third-order valence-corrected chi connectivity index (χ3v) is 4.51. The van der Waals surface area contributed by atoms with E-state index in [4.69, 9.17) is 0 Å². The molecule has 3 nitrogen and oxygen atoms in total. The van der Waals surface area contributed by atoms with Crippen molar-refractivity contribution in [3.63, 3.8) is 0 Å². The van der Waals surface area contributed by atoms with Gasteiger partial charge in [-0.15, -0.1) is 0 Å². The Morgan fingerprint density at radius 1 is 1.40 bits per heavy atom. The van der Waals surface area contributed by atoms with E-state index in [2.05, 4.69) is 35.0 Å². The van der Waals surface area contributed by atoms with Crippen LogP contribution in [0.4, 0.5) is 4.79 Å². The second-order valence-corrected chi connectivity index (χ2v) is 6.01. The Morgan fingerprint density at radius 2 is 2.25 bits per heavy atom. The number of carbonyl (C=O) groups excluding carboxylic acids is 1. The molecule has 4 heteroatoms. The topological polar surface area (TPSA) is 32.3 Å². The van der Waals surface area contributed by atoms with Crippen LogP contribution in [0.1, 0.15) is 29.2 Å². The third-order valence-electron chi connectivity index (χ3n) is 3.78. The fourth-order valence-electron chi connectivity index (χ4n) is 2.69. The Kier molecular flexibility index (Phi) is 3.74. The number of benzene rings is 1. The lowest BCUT2D eigenvalue weighted by Gasteiger charge is -2.21. The Hall–Kier alpha value is -1.81. The van der Waals surface area contributed by atoms with Crippen LogP contribution >= 0.6 is 11.3 Å². The maximum absolute atomic E-state index is 12.3. The van der Waals surface area contributed by atoms with Crippen LogP contribution in [-0.2, 0) is 13.0 Å². The average molecular weight is 286 g/mol. The largest absolute Gasteiger partial charge is 0.331 e. The summed E-state index contributed by atoms with van der Waals surface area (Å²) in [6, 6.07) is 10.6. The van der Waals surface area contributed by atoms with E-state index in [9.17, 15) is 4.79 Å². The Balaban J connectivity index is 1.62. The van der Waals surface area contributed by atoms with Gasteiger partial charge in [0.25, 0.3) is 0 Å². The Morgan fingerprint density at radius 3 is 3.05 bits per heavy atom. The van der Waals surface area contributed by atoms with Gasteiger partial charge in [-0.05, 0) is 46.4 Å². The van der Waals surface area contributed by atoms with Gasteiger partial charge in [-0.1, -0.05) is 24.3 Å². The van der Waals surface area contributed by atoms with Gasteiger partial charge in [0.15, 0.2) is 0 Å². The SMILES string of the molecule is CN(Cc1ccsc1)C(=O)N[C@H]1CCc2ccccc21. The summed E-state index contributed by atoms with van der Waals surface area (Å²) in [7, 11) is 1.84. The summed E-state index contributed by atoms with van der Waals surface area (Å²) < 4.78 is 0. The number of fused-ring (bicyclic) bond motifs is 1. The van der Waals surface area contributed by atoms with Gasteiger partial charge in [-0.3, -0.25) is 0 Å². The normalized spacial score (nSPS) is 16.8. The zero-order valence-corrected chi connectivity index (χ0v) is 12.3. The molecule has 1 aliphatic carbocycles. The van der Waals surface area contributed by atoms with E-state index in [0.717, 1.165) is 12.8 Å². The molecule has 1 atom stereocenters. The lowest BCUT2D eigenvalue weighted by Crippen LogP contribution is -2.38. The molecule has 0 bridgehead atoms. The number of nitrogens with one attached hydrogen (secondary N) is 1. The van der Waals surface area contributed by atoms with Gasteiger partial charge in [-0.2, -0.15) is 11.3 Å². The monoisotopic (exact) mass is 286 g/mol. The van der Waals surface area contributed by atoms with Crippen molar-refractivity contribution >= 4 is 17.4 Å². The Labute approximate surface area is 123 Å². The molecule has 0 saturated carbocycles. The Bertz CT molecular complexity index is 594. The van der Waals surface area contributed by atoms with Crippen molar-refractivity contribution in [3.8, 4) is 0 Å². The molecule has 0 spiro atoms. The van der Waals surface area contributed by atoms with Gasteiger partial charge in [0.1, 0.15) is 0 Å². The first-order valence-corrected chi connectivity index (χ1v) is 7.79. The van der Waals surface area contributed by atoms with Gasteiger partial charge in [0.05, 0.1) is 6.04 Å². The second kappa shape index (κ2) is 5.67. The molecule has 0 unspecified atom stereocenters. The van der Waals surface area contributed by atoms with E-state index in [0.29, 0.717) is 6.54 Å². The predicted octanol–water partition coefficient (Wildman–Crippen LogP) is 3.58. The molecule has 104 valence electrons. The van der Waals surface area contributed by atoms with Gasteiger partial charge in [0.2, 0.25) is 0 Å². The van der Waals surface area contributed by atoms with Crippen molar-refractivity contribution in [3.05, 3.63) is 57.8 Å². The van der Waals surface area contributed by atoms with Crippen LogP contribution in [0, 0.1) is 0 Å². The second-order valence-electron chi connectivity index (χ2n) is 5.23. The number of urea groups is 1. The fraction of sp³-hybridized carbons (Fsp3) is 0.312. The van der Waals surface area contributed by atoms with E-state index in [1.807, 2.05) is 18.5 Å². The summed E-state index contributed by atoms with van der Waals surface area (Å²) in [5.41, 5.74) is 3.81. The first-order chi connectivity index (χ1) is 9.74. The summed E-state index contributed by atoms with van der Waals surface area (Å²) in [4.78, 5) is 14.0. The number of hydrogen-bond donors (Lipinski definition) is 1. The van der Waals surface area contributed by atoms with Crippen LogP contribution in [0.15, 0.2) is 41.1 Å². The molecule has 1 aromatic carbocycles. The lowest BCUT2D eigenvalue weighted by molar-refractivity contribution is 0.202. The van der Waals surface area contributed by atoms with Crippen molar-refractivity contribution in [2.75, 3.05) is 7.05 Å². The number of rotatable bonds is 3. The molecule has 1 aliphatic rings. The van der Waals surface area contributed by atoms with Crippen molar-refractivity contribution in [2.45, 2.75) is 25.4 Å². The highest BCUT2D eigenvalue weighted by Gasteiger charge is 2.24. The van der Waals surface area contributed by atoms with Crippen molar-refractivity contribution in [2.24, 2.45) is 0 Å². The minimum absolute atomic E-state index is 0.00194. The summed E-state index contributed by atoms with van der Waals surface area (Å²) >= 11 is 1.66. The van der Waals surface area contributed by atoms with Crippen LogP contribution in [-0.4, -0.2) is 18.0 Å². The van der Waals surface area contributed by atoms with Crippen molar-refractivity contribution < 1.29 is 4.79 Å². The quantitative estimate of drug-likeness (QED) is 0.919. The number of thiophene rings is 1. The fourth-order valence-corrected chi connectivity index (χ4v) is 3.35. The molecular weight excluding hydrogens is 268 g/mol. The number of carbonyl (C=O) groups is 1. The highest BCUT2D eigenvalue weighted by Crippen LogP contribution is 2.30. The first-order valence-electron chi connectivity index (χ1n) is 6.84. The van der Waals surface area contributed by atoms with Crippen molar-refractivity contribution in [1.29, 1.82) is 0 Å². The minimum Gasteiger partial charge on any atom is -0.331 e. The molecule has 0 fully saturated rings. The predicted molar refractivity (Wildman–Crippen MR) is 81.8 cm³/mol. The zero-order valence-electron chi connectivity index (χ0n) is 11.5. The molecule has 1 heterocycles. The molecule has 1 aromatic heterocycles. The van der Waals surface area contributed by atoms with E-state index < -0.39 is 0 Å². The van der Waals surface area contributed by atoms with Crippen LogP contribution < -0.4 is 5.32 Å². The third kappa shape index (κ3) is 2.70. The molecule has 3 rings (SSSR count). The smallest absolute Gasteiger partial charge is 0.317 e. The van der Waals surface area contributed by atoms with Gasteiger partial charge >= 0.3 is 6.03 Å². The van der Waals surface area contributed by atoms with Gasteiger partial charge in [-0.25, -0.2) is 4.79 Å². The first kappa shape index (κ1) is 13.2. The summed E-state index contributed by atoms with van der Waals surface area (Å²) in [5, 5.41) is 7.25. The minimum atomic E-state index is -0.00194. The van der Waals surface area contributed by atoms with Gasteiger partial charge in [0, 0.05) is 13.6 Å². The van der Waals surface area contributed by atoms with E-state index in [-0.39, 0.29) is 12.1 Å². The molecule has 0 saturated heterocycles. The molecule has 2 amide bonds. The highest BCUT2D eigenvalue weighted by molar-refractivity contribution is 7.07. The summed E-state index contributed by atoms with van der Waals surface area (Å²) in [5.74, 6) is 0. The van der Waals surface area contributed by atoms with Gasteiger partial charge < -0.3 is 10.2 Å². The number of aryl methyl sites for hydroxylation is 1. The summed E-state index contributed by atoms with van der Waals surface area (Å²) in [6.07, 6.45) is 2.05. The molecular formula is C16H18N2OS. The van der Waals surface area contributed by atoms with Crippen LogP contribution in [0.25, 0.3) is 0 Å². The van der Waals surface area contributed by atoms with E-state index in [1.54, 1.807) is 16.2 Å². The van der Waals surface area contributed by atoms with Crippen LogP contribution in [0.3, 0.4) is 0 Å². The lowest BCUT2D eigenvalue weighted by atomic mass is 10.1. The average Bonchev–Trinajstić information content (AvgIpc) is 3.09. The number of hydrogen-bond acceptors (Lipinski definition) is 2. The number of amides is 2. The van der Waals surface area contributed by atoms with Crippen LogP contribution in [0.2, 0.25) is 0 Å². The van der Waals surface area contributed by atoms with E-state index in [1.165, 1.54) is 16.7 Å². The highest BCUT2D eigenvalue weighted by atomic mass is 32.1. The number of nitrogens with zero attached hydrogens (tertiary/aromatic N) is 1. The maximum Gasteiger partial charge on any atom is 0.317 e. The molecule has 0 aliphatic heterocycles. The molecule has 2 aromatic rings. The molecule has 1 N–H and O–H groups in total. The molecule has 20 heavy (non-hydrogen) atoms. The zero-order chi connectivity index (χ0) is 13.9. The summed E-state index contributed by atoms with van der Waals surface area (Å²) in [6.45, 7) is 0.656.